The first-order chi connectivity index (χ1) is 31.2. The van der Waals surface area contributed by atoms with E-state index in [2.05, 4.69) is 240 Å². The molecule has 0 atom stereocenters. The van der Waals surface area contributed by atoms with Crippen LogP contribution in [0.25, 0.3) is 93.9 Å². The van der Waals surface area contributed by atoms with E-state index < -0.39 is 0 Å². The van der Waals surface area contributed by atoms with Crippen molar-refractivity contribution in [3.63, 3.8) is 0 Å². The maximum atomic E-state index is 6.42. The Hall–Kier alpha value is -8.40. The van der Waals surface area contributed by atoms with Crippen molar-refractivity contribution in [3.05, 3.63) is 243 Å². The van der Waals surface area contributed by atoms with Gasteiger partial charge in [-0.25, -0.2) is 0 Å². The summed E-state index contributed by atoms with van der Waals surface area (Å²) >= 11 is 0. The van der Waals surface area contributed by atoms with Crippen molar-refractivity contribution in [2.24, 2.45) is 0 Å². The van der Waals surface area contributed by atoms with Crippen molar-refractivity contribution in [1.29, 1.82) is 0 Å². The molecule has 0 aliphatic rings. The fourth-order valence-electron chi connectivity index (χ4n) is 9.41. The molecule has 12 aromatic rings. The molecule has 0 aliphatic carbocycles. The van der Waals surface area contributed by atoms with Gasteiger partial charge >= 0.3 is 0 Å². The minimum Gasteiger partial charge on any atom is -0.455 e. The van der Waals surface area contributed by atoms with Crippen LogP contribution in [0.5, 0.6) is 0 Å². The molecule has 3 heteroatoms. The average molecular weight is 805 g/mol. The predicted octanol–water partition coefficient (Wildman–Crippen LogP) is 16.8. The van der Waals surface area contributed by atoms with Gasteiger partial charge in [-0.05, 0) is 94.0 Å². The van der Waals surface area contributed by atoms with Gasteiger partial charge in [0.15, 0.2) is 0 Å². The van der Waals surface area contributed by atoms with Gasteiger partial charge in [0.2, 0.25) is 0 Å². The Labute approximate surface area is 366 Å². The highest BCUT2D eigenvalue weighted by atomic mass is 16.3. The zero-order valence-corrected chi connectivity index (χ0v) is 34.4. The van der Waals surface area contributed by atoms with Gasteiger partial charge in [0.05, 0.1) is 16.7 Å². The number of aromatic nitrogens is 1. The second-order valence-corrected chi connectivity index (χ2v) is 16.1. The third-order valence-corrected chi connectivity index (χ3v) is 12.4. The summed E-state index contributed by atoms with van der Waals surface area (Å²) in [5.41, 5.74) is 17.9. The molecule has 0 bridgehead atoms. The Balaban J connectivity index is 0.895. The molecule has 12 rings (SSSR count). The van der Waals surface area contributed by atoms with Gasteiger partial charge in [0, 0.05) is 49.7 Å². The van der Waals surface area contributed by atoms with Crippen LogP contribution in [0.15, 0.2) is 247 Å². The summed E-state index contributed by atoms with van der Waals surface area (Å²) in [6.07, 6.45) is 0. The molecular formula is C60H40N2O. The van der Waals surface area contributed by atoms with E-state index in [1.807, 2.05) is 12.1 Å². The number of para-hydroxylation sites is 5. The van der Waals surface area contributed by atoms with E-state index in [-0.39, 0.29) is 0 Å². The van der Waals surface area contributed by atoms with E-state index in [0.717, 1.165) is 55.7 Å². The summed E-state index contributed by atoms with van der Waals surface area (Å²) in [5, 5.41) is 4.79. The SMILES string of the molecule is c1ccc(-c2cccc(N(c3ccc(-c4ccc(-c5ccccc5-n5c6ccccc6c6ccccc65)cc4)cc3)c3ccc(-c4cccc5c4oc4ccccc45)cc3)c2)cc1. The monoisotopic (exact) mass is 804 g/mol. The van der Waals surface area contributed by atoms with E-state index in [1.165, 1.54) is 55.3 Å². The van der Waals surface area contributed by atoms with Crippen LogP contribution < -0.4 is 4.90 Å². The van der Waals surface area contributed by atoms with Crippen molar-refractivity contribution < 1.29 is 4.42 Å². The first kappa shape index (κ1) is 36.5. The van der Waals surface area contributed by atoms with Crippen molar-refractivity contribution in [1.82, 2.24) is 4.57 Å². The van der Waals surface area contributed by atoms with Gasteiger partial charge in [-0.15, -0.1) is 0 Å². The molecule has 0 radical (unpaired) electrons. The lowest BCUT2D eigenvalue weighted by Crippen LogP contribution is -2.10. The second kappa shape index (κ2) is 15.3. The van der Waals surface area contributed by atoms with Gasteiger partial charge in [0.25, 0.3) is 0 Å². The molecule has 0 unspecified atom stereocenters. The molecule has 3 nitrogen and oxygen atoms in total. The molecule has 10 aromatic carbocycles. The van der Waals surface area contributed by atoms with Crippen LogP contribution in [0.4, 0.5) is 17.1 Å². The Morgan fingerprint density at radius 3 is 1.49 bits per heavy atom. The standard InChI is InChI=1S/C60H40N2O/c1-2-14-41(15-3-1)46-16-12-17-49(40-46)61(48-38-34-45(35-39-48)51-22-13-23-55-54-21-7-11-27-59(54)63-60(51)55)47-36-32-43(33-37-47)42-28-30-44(31-29-42)50-18-4-8-24-56(50)62-57-25-9-5-19-52(57)53-20-6-10-26-58(53)62/h1-40H. The van der Waals surface area contributed by atoms with Crippen LogP contribution >= 0.6 is 0 Å². The minimum atomic E-state index is 0.904. The summed E-state index contributed by atoms with van der Waals surface area (Å²) in [6.45, 7) is 0. The lowest BCUT2D eigenvalue weighted by atomic mass is 9.98. The van der Waals surface area contributed by atoms with E-state index in [1.54, 1.807) is 0 Å². The zero-order valence-electron chi connectivity index (χ0n) is 34.4. The second-order valence-electron chi connectivity index (χ2n) is 16.1. The minimum absolute atomic E-state index is 0.904. The van der Waals surface area contributed by atoms with Gasteiger partial charge in [-0.2, -0.15) is 0 Å². The highest BCUT2D eigenvalue weighted by Gasteiger charge is 2.18. The van der Waals surface area contributed by atoms with Gasteiger partial charge in [0.1, 0.15) is 11.2 Å². The molecule has 0 saturated heterocycles. The topological polar surface area (TPSA) is 21.3 Å². The summed E-state index contributed by atoms with van der Waals surface area (Å²) in [7, 11) is 0. The van der Waals surface area contributed by atoms with Crippen molar-refractivity contribution in [2.45, 2.75) is 0 Å². The number of anilines is 3. The van der Waals surface area contributed by atoms with E-state index in [9.17, 15) is 0 Å². The maximum Gasteiger partial charge on any atom is 0.143 e. The van der Waals surface area contributed by atoms with Crippen LogP contribution in [0.2, 0.25) is 0 Å². The fraction of sp³-hybridized carbons (Fsp3) is 0. The average Bonchev–Trinajstić information content (AvgIpc) is 3.91. The Morgan fingerprint density at radius 2 is 0.778 bits per heavy atom. The molecule has 0 fully saturated rings. The summed E-state index contributed by atoms with van der Waals surface area (Å²) in [4.78, 5) is 2.34. The van der Waals surface area contributed by atoms with E-state index >= 15 is 0 Å². The van der Waals surface area contributed by atoms with Gasteiger partial charge in [-0.3, -0.25) is 0 Å². The van der Waals surface area contributed by atoms with Crippen LogP contribution in [-0.2, 0) is 0 Å². The summed E-state index contributed by atoms with van der Waals surface area (Å²) in [5.74, 6) is 0. The van der Waals surface area contributed by atoms with Crippen molar-refractivity contribution >= 4 is 60.8 Å². The van der Waals surface area contributed by atoms with Crippen molar-refractivity contribution in [2.75, 3.05) is 4.90 Å². The summed E-state index contributed by atoms with van der Waals surface area (Å²) in [6, 6.07) is 87.0. The van der Waals surface area contributed by atoms with E-state index in [4.69, 9.17) is 4.42 Å². The van der Waals surface area contributed by atoms with E-state index in [0.29, 0.717) is 0 Å². The molecule has 296 valence electrons. The van der Waals surface area contributed by atoms with Crippen LogP contribution in [-0.4, -0.2) is 4.57 Å². The van der Waals surface area contributed by atoms with Crippen LogP contribution in [0, 0.1) is 0 Å². The molecule has 0 amide bonds. The Bertz CT molecular complexity index is 3550. The molecule has 63 heavy (non-hydrogen) atoms. The zero-order chi connectivity index (χ0) is 41.7. The molecule has 0 saturated carbocycles. The smallest absolute Gasteiger partial charge is 0.143 e. The highest BCUT2D eigenvalue weighted by molar-refractivity contribution is 6.10. The normalized spacial score (nSPS) is 11.5. The van der Waals surface area contributed by atoms with Gasteiger partial charge in [-0.1, -0.05) is 182 Å². The van der Waals surface area contributed by atoms with Crippen LogP contribution in [0.1, 0.15) is 0 Å². The Morgan fingerprint density at radius 1 is 0.302 bits per heavy atom. The predicted molar refractivity (Wildman–Crippen MR) is 264 cm³/mol. The lowest BCUT2D eigenvalue weighted by molar-refractivity contribution is 0.670. The number of nitrogens with zero attached hydrogens (tertiary/aromatic N) is 2. The lowest BCUT2D eigenvalue weighted by Gasteiger charge is -2.26. The fourth-order valence-corrected chi connectivity index (χ4v) is 9.41. The number of hydrogen-bond acceptors (Lipinski definition) is 2. The molecule has 0 N–H and O–H groups in total. The number of furan rings is 1. The third kappa shape index (κ3) is 6.38. The molecule has 0 spiro atoms. The number of fused-ring (bicyclic) bond motifs is 6. The maximum absolute atomic E-state index is 6.42. The quantitative estimate of drug-likeness (QED) is 0.153. The Kier molecular flexibility index (Phi) is 8.83. The summed E-state index contributed by atoms with van der Waals surface area (Å²) < 4.78 is 8.83. The number of benzene rings is 10. The molecule has 0 aliphatic heterocycles. The number of hydrogen-bond donors (Lipinski definition) is 0. The first-order valence-electron chi connectivity index (χ1n) is 21.5. The molecular weight excluding hydrogens is 765 g/mol. The number of rotatable bonds is 8. The molecule has 2 heterocycles. The largest absolute Gasteiger partial charge is 0.455 e. The van der Waals surface area contributed by atoms with Crippen LogP contribution in [0.3, 0.4) is 0 Å². The first-order valence-corrected chi connectivity index (χ1v) is 21.5. The third-order valence-electron chi connectivity index (χ3n) is 12.4. The highest BCUT2D eigenvalue weighted by Crippen LogP contribution is 2.41. The van der Waals surface area contributed by atoms with Crippen molar-refractivity contribution in [3.8, 4) is 50.2 Å². The molecule has 2 aromatic heterocycles. The van der Waals surface area contributed by atoms with Gasteiger partial charge < -0.3 is 13.9 Å².